The summed E-state index contributed by atoms with van der Waals surface area (Å²) in [6.07, 6.45) is 2.61. The van der Waals surface area contributed by atoms with Crippen LogP contribution in [0.25, 0.3) is 0 Å². The summed E-state index contributed by atoms with van der Waals surface area (Å²) in [5, 5.41) is 6.87. The molecule has 0 radical (unpaired) electrons. The lowest BCUT2D eigenvalue weighted by Crippen LogP contribution is -2.47. The maximum Gasteiger partial charge on any atom is 0.238 e. The number of anilines is 1. The third-order valence-corrected chi connectivity index (χ3v) is 6.13. The minimum absolute atomic E-state index is 0.000697. The molecule has 2 fully saturated rings. The molecule has 0 bridgehead atoms. The zero-order valence-corrected chi connectivity index (χ0v) is 17.1. The van der Waals surface area contributed by atoms with Crippen LogP contribution >= 0.6 is 11.6 Å². The van der Waals surface area contributed by atoms with Crippen LogP contribution < -0.4 is 10.6 Å². The van der Waals surface area contributed by atoms with E-state index < -0.39 is 0 Å². The second-order valence-corrected chi connectivity index (χ2v) is 8.35. The van der Waals surface area contributed by atoms with Crippen molar-refractivity contribution in [3.05, 3.63) is 65.2 Å². The number of para-hydroxylation sites is 1. The summed E-state index contributed by atoms with van der Waals surface area (Å²) in [6, 6.07) is 17.5. The highest BCUT2D eigenvalue weighted by Crippen LogP contribution is 2.49. The molecule has 0 aromatic heterocycles. The largest absolute Gasteiger partial charge is 0.353 e. The zero-order chi connectivity index (χ0) is 20.2. The van der Waals surface area contributed by atoms with E-state index in [1.54, 1.807) is 0 Å². The first kappa shape index (κ1) is 19.9. The number of piperidine rings is 1. The Hall–Kier alpha value is -2.37. The molecule has 29 heavy (non-hydrogen) atoms. The van der Waals surface area contributed by atoms with Crippen LogP contribution in [0.4, 0.5) is 5.69 Å². The van der Waals surface area contributed by atoms with E-state index in [1.165, 1.54) is 0 Å². The SMILES string of the molecule is O=C(CN1CCC(NC(=O)[C@@H]2C[C@@H]2c2ccccc2Cl)CC1)Nc1ccccc1. The summed E-state index contributed by atoms with van der Waals surface area (Å²) in [6.45, 7) is 2.00. The monoisotopic (exact) mass is 411 g/mol. The summed E-state index contributed by atoms with van der Waals surface area (Å²) < 4.78 is 0. The normalized spacial score (nSPS) is 22.1. The Morgan fingerprint density at radius 2 is 1.69 bits per heavy atom. The van der Waals surface area contributed by atoms with Gasteiger partial charge in [0.2, 0.25) is 11.8 Å². The Balaban J connectivity index is 1.19. The molecule has 2 aromatic rings. The number of nitrogens with zero attached hydrogens (tertiary/aromatic N) is 1. The Kier molecular flexibility index (Phi) is 6.16. The summed E-state index contributed by atoms with van der Waals surface area (Å²) in [5.41, 5.74) is 1.89. The minimum Gasteiger partial charge on any atom is -0.353 e. The van der Waals surface area contributed by atoms with Crippen molar-refractivity contribution in [3.63, 3.8) is 0 Å². The minimum atomic E-state index is -0.000697. The number of carbonyl (C=O) groups is 2. The van der Waals surface area contributed by atoms with Crippen molar-refractivity contribution in [2.24, 2.45) is 5.92 Å². The quantitative estimate of drug-likeness (QED) is 0.762. The standard InChI is InChI=1S/C23H26ClN3O2/c24-21-9-5-4-8-18(21)19-14-20(19)23(29)26-17-10-12-27(13-11-17)15-22(28)25-16-6-2-1-3-7-16/h1-9,17,19-20H,10-15H2,(H,25,28)(H,26,29)/t19-,20-/m1/s1. The topological polar surface area (TPSA) is 61.4 Å². The summed E-state index contributed by atoms with van der Waals surface area (Å²) in [4.78, 5) is 26.9. The number of nitrogens with one attached hydrogen (secondary N) is 2. The van der Waals surface area contributed by atoms with Gasteiger partial charge in [0.05, 0.1) is 6.54 Å². The third-order valence-electron chi connectivity index (χ3n) is 5.79. The molecule has 0 unspecified atom stereocenters. The van der Waals surface area contributed by atoms with E-state index in [4.69, 9.17) is 11.6 Å². The highest BCUT2D eigenvalue weighted by molar-refractivity contribution is 6.31. The van der Waals surface area contributed by atoms with Gasteiger partial charge in [-0.1, -0.05) is 48.0 Å². The molecule has 4 rings (SSSR count). The van der Waals surface area contributed by atoms with Gasteiger partial charge in [-0.2, -0.15) is 0 Å². The Morgan fingerprint density at radius 1 is 1.00 bits per heavy atom. The lowest BCUT2D eigenvalue weighted by atomic mass is 10.0. The van der Waals surface area contributed by atoms with Crippen molar-refractivity contribution in [3.8, 4) is 0 Å². The van der Waals surface area contributed by atoms with Gasteiger partial charge in [0, 0.05) is 35.8 Å². The van der Waals surface area contributed by atoms with Crippen LogP contribution in [0.5, 0.6) is 0 Å². The fourth-order valence-electron chi connectivity index (χ4n) is 4.07. The average Bonchev–Trinajstić information content (AvgIpc) is 3.51. The van der Waals surface area contributed by atoms with Gasteiger partial charge in [0.25, 0.3) is 0 Å². The van der Waals surface area contributed by atoms with E-state index in [0.29, 0.717) is 6.54 Å². The highest BCUT2D eigenvalue weighted by Gasteiger charge is 2.45. The summed E-state index contributed by atoms with van der Waals surface area (Å²) >= 11 is 6.26. The first-order valence-electron chi connectivity index (χ1n) is 10.2. The molecular weight excluding hydrogens is 386 g/mol. The number of benzene rings is 2. The van der Waals surface area contributed by atoms with E-state index in [0.717, 1.165) is 48.6 Å². The number of hydrogen-bond donors (Lipinski definition) is 2. The van der Waals surface area contributed by atoms with Crippen LogP contribution in [-0.2, 0) is 9.59 Å². The molecule has 2 aromatic carbocycles. The van der Waals surface area contributed by atoms with Gasteiger partial charge in [0.15, 0.2) is 0 Å². The molecule has 2 atom stereocenters. The van der Waals surface area contributed by atoms with Crippen molar-refractivity contribution in [2.75, 3.05) is 25.0 Å². The number of hydrogen-bond acceptors (Lipinski definition) is 3. The Labute approximate surface area is 176 Å². The van der Waals surface area contributed by atoms with Crippen LogP contribution in [0, 0.1) is 5.92 Å². The highest BCUT2D eigenvalue weighted by atomic mass is 35.5. The van der Waals surface area contributed by atoms with Gasteiger partial charge >= 0.3 is 0 Å². The van der Waals surface area contributed by atoms with Crippen molar-refractivity contribution in [1.29, 1.82) is 0 Å². The molecule has 5 nitrogen and oxygen atoms in total. The van der Waals surface area contributed by atoms with Gasteiger partial charge in [-0.25, -0.2) is 0 Å². The molecule has 2 amide bonds. The van der Waals surface area contributed by atoms with Crippen LogP contribution in [0.2, 0.25) is 5.02 Å². The van der Waals surface area contributed by atoms with Crippen molar-refractivity contribution in [1.82, 2.24) is 10.2 Å². The third kappa shape index (κ3) is 5.17. The average molecular weight is 412 g/mol. The number of amides is 2. The molecule has 152 valence electrons. The van der Waals surface area contributed by atoms with Gasteiger partial charge in [-0.15, -0.1) is 0 Å². The molecule has 2 N–H and O–H groups in total. The van der Waals surface area contributed by atoms with Crippen LogP contribution in [-0.4, -0.2) is 42.4 Å². The summed E-state index contributed by atoms with van der Waals surface area (Å²) in [5.74, 6) is 0.407. The maximum absolute atomic E-state index is 12.6. The first-order valence-corrected chi connectivity index (χ1v) is 10.6. The number of rotatable bonds is 6. The lowest BCUT2D eigenvalue weighted by molar-refractivity contribution is -0.124. The number of likely N-dealkylation sites (tertiary alicyclic amines) is 1. The van der Waals surface area contributed by atoms with Crippen molar-refractivity contribution in [2.45, 2.75) is 31.2 Å². The molecule has 1 heterocycles. The van der Waals surface area contributed by atoms with Crippen LogP contribution in [0.15, 0.2) is 54.6 Å². The predicted molar refractivity (Wildman–Crippen MR) is 115 cm³/mol. The molecule has 0 spiro atoms. The Bertz CT molecular complexity index is 865. The molecule has 1 aliphatic carbocycles. The van der Waals surface area contributed by atoms with E-state index in [9.17, 15) is 9.59 Å². The van der Waals surface area contributed by atoms with Crippen LogP contribution in [0.1, 0.15) is 30.7 Å². The smallest absolute Gasteiger partial charge is 0.238 e. The molecule has 1 aliphatic heterocycles. The van der Waals surface area contributed by atoms with Gasteiger partial charge in [-0.05, 0) is 48.9 Å². The van der Waals surface area contributed by atoms with E-state index in [2.05, 4.69) is 15.5 Å². The molecule has 6 heteroatoms. The van der Waals surface area contributed by atoms with Gasteiger partial charge in [0.1, 0.15) is 0 Å². The molecule has 1 saturated heterocycles. The second-order valence-electron chi connectivity index (χ2n) is 7.94. The lowest BCUT2D eigenvalue weighted by Gasteiger charge is -2.32. The zero-order valence-electron chi connectivity index (χ0n) is 16.3. The Morgan fingerprint density at radius 3 is 2.41 bits per heavy atom. The van der Waals surface area contributed by atoms with E-state index >= 15 is 0 Å². The molecular formula is C23H26ClN3O2. The second kappa shape index (κ2) is 8.97. The van der Waals surface area contributed by atoms with Crippen LogP contribution in [0.3, 0.4) is 0 Å². The van der Waals surface area contributed by atoms with E-state index in [-0.39, 0.29) is 29.7 Å². The van der Waals surface area contributed by atoms with Crippen molar-refractivity contribution >= 4 is 29.1 Å². The molecule has 2 aliphatic rings. The fraction of sp³-hybridized carbons (Fsp3) is 0.391. The van der Waals surface area contributed by atoms with E-state index in [1.807, 2.05) is 54.6 Å². The van der Waals surface area contributed by atoms with Gasteiger partial charge < -0.3 is 10.6 Å². The first-order chi connectivity index (χ1) is 14.1. The fourth-order valence-corrected chi connectivity index (χ4v) is 4.35. The number of halogens is 1. The summed E-state index contributed by atoms with van der Waals surface area (Å²) in [7, 11) is 0. The van der Waals surface area contributed by atoms with Gasteiger partial charge in [-0.3, -0.25) is 14.5 Å². The maximum atomic E-state index is 12.6. The predicted octanol–water partition coefficient (Wildman–Crippen LogP) is 3.66. The number of carbonyl (C=O) groups excluding carboxylic acids is 2. The molecule has 1 saturated carbocycles. The van der Waals surface area contributed by atoms with Crippen molar-refractivity contribution < 1.29 is 9.59 Å².